The van der Waals surface area contributed by atoms with Crippen molar-refractivity contribution in [3.05, 3.63) is 73.9 Å². The molecule has 0 amide bonds. The van der Waals surface area contributed by atoms with Crippen molar-refractivity contribution in [1.29, 1.82) is 0 Å². The zero-order valence-corrected chi connectivity index (χ0v) is 35.8. The first-order chi connectivity index (χ1) is 26.1. The Bertz CT molecular complexity index is 1320. The molecule has 0 heterocycles. The molecule has 7 nitrogen and oxygen atoms in total. The fourth-order valence-corrected chi connectivity index (χ4v) is 10.1. The first-order valence-corrected chi connectivity index (χ1v) is 21.3. The van der Waals surface area contributed by atoms with Crippen molar-refractivity contribution in [1.82, 2.24) is 0 Å². The molecule has 2 aliphatic rings. The lowest BCUT2D eigenvalue weighted by molar-refractivity contribution is -0.191. The third-order valence-corrected chi connectivity index (χ3v) is 12.2. The summed E-state index contributed by atoms with van der Waals surface area (Å²) in [6.07, 6.45) is 13.8. The van der Waals surface area contributed by atoms with Crippen LogP contribution in [0.3, 0.4) is 0 Å². The number of hydrogen-bond donors (Lipinski definition) is 0. The molecule has 0 aromatic heterocycles. The Morgan fingerprint density at radius 3 is 1.71 bits per heavy atom. The van der Waals surface area contributed by atoms with E-state index in [0.29, 0.717) is 80.8 Å². The lowest BCUT2D eigenvalue weighted by atomic mass is 9.65. The van der Waals surface area contributed by atoms with Crippen LogP contribution in [0.1, 0.15) is 138 Å². The van der Waals surface area contributed by atoms with Gasteiger partial charge in [0, 0.05) is 39.7 Å². The molecule has 1 aromatic carbocycles. The van der Waals surface area contributed by atoms with E-state index in [-0.39, 0.29) is 23.6 Å². The van der Waals surface area contributed by atoms with E-state index in [4.69, 9.17) is 23.7 Å². The van der Waals surface area contributed by atoms with Crippen molar-refractivity contribution >= 4 is 11.9 Å². The lowest BCUT2D eigenvalue weighted by Gasteiger charge is -2.50. The molecule has 0 radical (unpaired) electrons. The van der Waals surface area contributed by atoms with E-state index in [1.807, 2.05) is 30.4 Å². The molecular formula is C48H76O7. The molecule has 7 heteroatoms. The molecule has 55 heavy (non-hydrogen) atoms. The number of esters is 2. The smallest absolute Gasteiger partial charge is 0.303 e. The number of carbonyl (C=O) groups is 2. The molecule has 2 aliphatic carbocycles. The maximum absolute atomic E-state index is 12.9. The summed E-state index contributed by atoms with van der Waals surface area (Å²) in [7, 11) is 0. The van der Waals surface area contributed by atoms with Gasteiger partial charge in [-0.1, -0.05) is 110 Å². The van der Waals surface area contributed by atoms with E-state index in [0.717, 1.165) is 44.1 Å². The van der Waals surface area contributed by atoms with Crippen LogP contribution in [0.4, 0.5) is 0 Å². The van der Waals surface area contributed by atoms with Crippen LogP contribution >= 0.6 is 0 Å². The molecule has 0 unspecified atom stereocenters. The third kappa shape index (κ3) is 14.6. The predicted molar refractivity (Wildman–Crippen MR) is 223 cm³/mol. The topological polar surface area (TPSA) is 80.3 Å². The summed E-state index contributed by atoms with van der Waals surface area (Å²) in [6, 6.07) is 10.2. The molecule has 0 bridgehead atoms. The molecule has 1 aromatic rings. The Morgan fingerprint density at radius 1 is 0.727 bits per heavy atom. The van der Waals surface area contributed by atoms with Gasteiger partial charge in [0.05, 0.1) is 30.0 Å². The average molecular weight is 765 g/mol. The fourth-order valence-electron chi connectivity index (χ4n) is 10.1. The van der Waals surface area contributed by atoms with E-state index in [1.54, 1.807) is 6.08 Å². The molecule has 0 N–H and O–H groups in total. The summed E-state index contributed by atoms with van der Waals surface area (Å²) < 4.78 is 33.1. The van der Waals surface area contributed by atoms with Crippen LogP contribution in [0.2, 0.25) is 0 Å². The van der Waals surface area contributed by atoms with Gasteiger partial charge in [0.25, 0.3) is 0 Å². The molecule has 0 saturated heterocycles. The molecule has 10 atom stereocenters. The van der Waals surface area contributed by atoms with Gasteiger partial charge >= 0.3 is 11.9 Å². The van der Waals surface area contributed by atoms with Crippen LogP contribution < -0.4 is 0 Å². The highest BCUT2D eigenvalue weighted by atomic mass is 16.6. The van der Waals surface area contributed by atoms with Crippen LogP contribution in [-0.2, 0) is 39.9 Å². The summed E-state index contributed by atoms with van der Waals surface area (Å²) in [5, 5.41) is 0. The molecule has 0 spiro atoms. The largest absolute Gasteiger partial charge is 0.462 e. The van der Waals surface area contributed by atoms with Crippen molar-refractivity contribution in [2.24, 2.45) is 35.5 Å². The van der Waals surface area contributed by atoms with Gasteiger partial charge in [-0.3, -0.25) is 9.59 Å². The SMILES string of the molecule is C=CC[C@]1(O[C@H](CCOCc2ccccc2)C[C@@H](C[C@H](C[C@@H](C=C)OC(C)=O)O[C@@]2(CC=C)C[C@H](C)CC[C@H]2C(C)C)OC(C)=O)C[C@H](C)CC[C@H]1C(C)C. The quantitative estimate of drug-likeness (QED) is 0.0589. The maximum atomic E-state index is 12.9. The van der Waals surface area contributed by atoms with Crippen LogP contribution in [0.15, 0.2) is 68.3 Å². The van der Waals surface area contributed by atoms with Crippen molar-refractivity contribution < 1.29 is 33.3 Å². The predicted octanol–water partition coefficient (Wildman–Crippen LogP) is 11.4. The second-order valence-corrected chi connectivity index (χ2v) is 17.7. The average Bonchev–Trinajstić information content (AvgIpc) is 3.09. The number of hydrogen-bond acceptors (Lipinski definition) is 7. The van der Waals surface area contributed by atoms with E-state index in [9.17, 15) is 9.59 Å². The van der Waals surface area contributed by atoms with Crippen LogP contribution in [0.25, 0.3) is 0 Å². The molecule has 3 rings (SSSR count). The summed E-state index contributed by atoms with van der Waals surface area (Å²) in [6.45, 7) is 30.1. The first kappa shape index (κ1) is 46.6. The second kappa shape index (κ2) is 22.9. The van der Waals surface area contributed by atoms with Crippen molar-refractivity contribution in [2.45, 2.75) is 175 Å². The summed E-state index contributed by atoms with van der Waals surface area (Å²) in [5.41, 5.74) is 0.296. The van der Waals surface area contributed by atoms with E-state index in [1.165, 1.54) is 20.3 Å². The zero-order valence-electron chi connectivity index (χ0n) is 35.8. The second-order valence-electron chi connectivity index (χ2n) is 17.7. The standard InChI is InChI=1S/C48H76O7/c1-12-25-47(31-36(8)20-22-45(47)34(4)5)54-42(24-27-51-33-40-18-16-15-17-19-40)29-43(53-39(11)50)30-44(28-41(14-3)52-38(10)49)55-48(26-13-2)32-37(9)21-23-46(48)35(6)7/h12-19,34-37,41-46H,1-3,20-33H2,4-11H3/t36-,37-,41-,42-,43+,44+,45+,46+,47+,48+/m1/s1. The molecule has 2 saturated carbocycles. The van der Waals surface area contributed by atoms with Crippen LogP contribution in [0.5, 0.6) is 0 Å². The van der Waals surface area contributed by atoms with E-state index >= 15 is 0 Å². The monoisotopic (exact) mass is 765 g/mol. The Kier molecular flexibility index (Phi) is 19.4. The third-order valence-electron chi connectivity index (χ3n) is 12.2. The van der Waals surface area contributed by atoms with Gasteiger partial charge in [-0.25, -0.2) is 0 Å². The summed E-state index contributed by atoms with van der Waals surface area (Å²) in [5.74, 6) is 1.84. The van der Waals surface area contributed by atoms with Gasteiger partial charge in [-0.05, 0) is 86.0 Å². The highest BCUT2D eigenvalue weighted by Gasteiger charge is 2.48. The maximum Gasteiger partial charge on any atom is 0.303 e. The van der Waals surface area contributed by atoms with Gasteiger partial charge < -0.3 is 23.7 Å². The lowest BCUT2D eigenvalue weighted by Crippen LogP contribution is -2.51. The first-order valence-electron chi connectivity index (χ1n) is 21.3. The Hall–Kier alpha value is -2.74. The molecular weight excluding hydrogens is 689 g/mol. The van der Waals surface area contributed by atoms with Gasteiger partial charge in [0.2, 0.25) is 0 Å². The number of ether oxygens (including phenoxy) is 5. The fraction of sp³-hybridized carbons (Fsp3) is 0.708. The molecule has 2 fully saturated rings. The van der Waals surface area contributed by atoms with Crippen molar-refractivity contribution in [3.63, 3.8) is 0 Å². The van der Waals surface area contributed by atoms with Crippen molar-refractivity contribution in [2.75, 3.05) is 6.61 Å². The van der Waals surface area contributed by atoms with Gasteiger partial charge in [0.1, 0.15) is 12.2 Å². The molecule has 0 aliphatic heterocycles. The Morgan fingerprint density at radius 2 is 1.24 bits per heavy atom. The number of rotatable bonds is 24. The molecule has 310 valence electrons. The van der Waals surface area contributed by atoms with E-state index < -0.39 is 23.9 Å². The minimum absolute atomic E-state index is 0.254. The van der Waals surface area contributed by atoms with E-state index in [2.05, 4.69) is 73.4 Å². The normalized spacial score (nSPS) is 27.8. The highest BCUT2D eigenvalue weighted by Crippen LogP contribution is 2.49. The Balaban J connectivity index is 2.02. The van der Waals surface area contributed by atoms with Crippen LogP contribution in [0, 0.1) is 35.5 Å². The summed E-state index contributed by atoms with van der Waals surface area (Å²) >= 11 is 0. The summed E-state index contributed by atoms with van der Waals surface area (Å²) in [4.78, 5) is 25.1. The highest BCUT2D eigenvalue weighted by molar-refractivity contribution is 5.66. The van der Waals surface area contributed by atoms with Gasteiger partial charge in [-0.2, -0.15) is 0 Å². The van der Waals surface area contributed by atoms with Gasteiger partial charge in [-0.15, -0.1) is 13.2 Å². The zero-order chi connectivity index (χ0) is 40.6. The minimum atomic E-state index is -0.551. The van der Waals surface area contributed by atoms with Crippen LogP contribution in [-0.4, -0.2) is 54.2 Å². The number of carbonyl (C=O) groups excluding carboxylic acids is 2. The number of benzene rings is 1. The van der Waals surface area contributed by atoms with Crippen molar-refractivity contribution in [3.8, 4) is 0 Å². The minimum Gasteiger partial charge on any atom is -0.462 e. The van der Waals surface area contributed by atoms with Gasteiger partial charge in [0.15, 0.2) is 0 Å². The Labute approximate surface area is 335 Å².